The summed E-state index contributed by atoms with van der Waals surface area (Å²) in [6, 6.07) is 8.53. The Labute approximate surface area is 205 Å². The number of rotatable bonds is 17. The van der Waals surface area contributed by atoms with E-state index < -0.39 is 0 Å². The summed E-state index contributed by atoms with van der Waals surface area (Å²) in [4.78, 5) is 0. The molecule has 0 saturated carbocycles. The maximum Gasteiger partial charge on any atom is 0.125 e. The monoisotopic (exact) mass is 474 g/mol. The lowest BCUT2D eigenvalue weighted by Crippen LogP contribution is -2.15. The fourth-order valence-corrected chi connectivity index (χ4v) is 3.96. The van der Waals surface area contributed by atoms with E-state index in [1.165, 1.54) is 11.1 Å². The molecule has 0 spiro atoms. The summed E-state index contributed by atoms with van der Waals surface area (Å²) in [7, 11) is 0. The molecule has 6 heteroatoms. The van der Waals surface area contributed by atoms with E-state index in [4.69, 9.17) is 28.4 Å². The van der Waals surface area contributed by atoms with Crippen molar-refractivity contribution in [1.82, 2.24) is 0 Å². The maximum absolute atomic E-state index is 5.86. The van der Waals surface area contributed by atoms with E-state index in [0.29, 0.717) is 66.1 Å². The van der Waals surface area contributed by atoms with Crippen LogP contribution in [0.15, 0.2) is 24.3 Å². The lowest BCUT2D eigenvalue weighted by Gasteiger charge is -2.13. The molecule has 0 radical (unpaired) electrons. The number of ether oxygens (including phenoxy) is 6. The van der Waals surface area contributed by atoms with Crippen molar-refractivity contribution in [1.29, 1.82) is 0 Å². The Bertz CT molecular complexity index is 746. The Morgan fingerprint density at radius 3 is 0.882 bits per heavy atom. The van der Waals surface area contributed by atoms with E-state index in [1.54, 1.807) is 0 Å². The molecule has 34 heavy (non-hydrogen) atoms. The first-order valence-corrected chi connectivity index (χ1v) is 12.1. The average molecular weight is 475 g/mol. The molecule has 0 atom stereocenters. The Morgan fingerprint density at radius 1 is 0.382 bits per heavy atom. The van der Waals surface area contributed by atoms with Crippen molar-refractivity contribution in [2.45, 2.75) is 41.5 Å². The molecule has 0 saturated heterocycles. The fraction of sp³-hybridized carbons (Fsp3) is 0.571. The molecule has 0 fully saturated rings. The van der Waals surface area contributed by atoms with Crippen LogP contribution in [0.3, 0.4) is 0 Å². The first kappa shape index (κ1) is 28.1. The van der Waals surface area contributed by atoms with Crippen molar-refractivity contribution in [2.75, 3.05) is 66.1 Å². The third-order valence-corrected chi connectivity index (χ3v) is 5.27. The van der Waals surface area contributed by atoms with Gasteiger partial charge in [0.05, 0.1) is 52.9 Å². The zero-order chi connectivity index (χ0) is 24.8. The molecule has 0 heterocycles. The zero-order valence-electron chi connectivity index (χ0n) is 21.8. The predicted octanol–water partition coefficient (Wildman–Crippen LogP) is 5.06. The predicted molar refractivity (Wildman–Crippen MR) is 136 cm³/mol. The van der Waals surface area contributed by atoms with E-state index >= 15 is 0 Å². The Balaban J connectivity index is 1.36. The minimum Gasteiger partial charge on any atom is -0.491 e. The van der Waals surface area contributed by atoms with Gasteiger partial charge in [-0.1, -0.05) is 35.4 Å². The molecule has 0 unspecified atom stereocenters. The van der Waals surface area contributed by atoms with Gasteiger partial charge in [0.1, 0.15) is 24.7 Å². The molecule has 0 aliphatic carbocycles. The molecular formula is C28H42O6. The summed E-state index contributed by atoms with van der Waals surface area (Å²) >= 11 is 0. The van der Waals surface area contributed by atoms with Gasteiger partial charge in [0.25, 0.3) is 0 Å². The van der Waals surface area contributed by atoms with Crippen LogP contribution in [0.25, 0.3) is 0 Å². The van der Waals surface area contributed by atoms with Crippen LogP contribution >= 0.6 is 0 Å². The third-order valence-electron chi connectivity index (χ3n) is 5.27. The molecule has 2 aromatic carbocycles. The molecule has 0 amide bonds. The summed E-state index contributed by atoms with van der Waals surface area (Å²) in [5.74, 6) is 1.91. The average Bonchev–Trinajstić information content (AvgIpc) is 2.76. The lowest BCUT2D eigenvalue weighted by molar-refractivity contribution is -0.00705. The third kappa shape index (κ3) is 10.4. The van der Waals surface area contributed by atoms with Crippen LogP contribution in [0.1, 0.15) is 33.4 Å². The van der Waals surface area contributed by atoms with Gasteiger partial charge in [-0.15, -0.1) is 0 Å². The van der Waals surface area contributed by atoms with Gasteiger partial charge in [-0.25, -0.2) is 0 Å². The molecular weight excluding hydrogens is 432 g/mol. The quantitative estimate of drug-likeness (QED) is 0.299. The van der Waals surface area contributed by atoms with Crippen molar-refractivity contribution in [2.24, 2.45) is 0 Å². The van der Waals surface area contributed by atoms with Crippen LogP contribution in [-0.4, -0.2) is 66.1 Å². The van der Waals surface area contributed by atoms with Crippen LogP contribution in [-0.2, 0) is 18.9 Å². The highest BCUT2D eigenvalue weighted by Gasteiger charge is 2.06. The second kappa shape index (κ2) is 15.7. The topological polar surface area (TPSA) is 55.4 Å². The highest BCUT2D eigenvalue weighted by atomic mass is 16.6. The first-order valence-electron chi connectivity index (χ1n) is 12.1. The Hall–Kier alpha value is -2.12. The van der Waals surface area contributed by atoms with Gasteiger partial charge in [0, 0.05) is 0 Å². The van der Waals surface area contributed by atoms with E-state index in [1.807, 2.05) is 0 Å². The van der Waals surface area contributed by atoms with Crippen molar-refractivity contribution in [3.8, 4) is 11.5 Å². The van der Waals surface area contributed by atoms with Crippen LogP contribution < -0.4 is 9.47 Å². The number of benzene rings is 2. The number of hydrogen-bond donors (Lipinski definition) is 0. The summed E-state index contributed by atoms with van der Waals surface area (Å²) in [6.45, 7) is 17.8. The van der Waals surface area contributed by atoms with Crippen LogP contribution in [0, 0.1) is 41.5 Å². The standard InChI is InChI=1S/C28H42O6/c1-21-17-23(3)27(24(4)18-21)33-15-13-31-11-9-29-7-8-30-10-12-32-14-16-34-28-25(5)19-22(2)20-26(28)6/h17-20H,7-16H2,1-6H3. The van der Waals surface area contributed by atoms with Crippen LogP contribution in [0.4, 0.5) is 0 Å². The van der Waals surface area contributed by atoms with Gasteiger partial charge in [-0.3, -0.25) is 0 Å². The lowest BCUT2D eigenvalue weighted by atomic mass is 10.1. The van der Waals surface area contributed by atoms with Crippen molar-refractivity contribution < 1.29 is 28.4 Å². The molecule has 0 aromatic heterocycles. The summed E-state index contributed by atoms with van der Waals surface area (Å²) in [5.41, 5.74) is 7.14. The second-order valence-corrected chi connectivity index (χ2v) is 8.60. The van der Waals surface area contributed by atoms with E-state index in [2.05, 4.69) is 65.8 Å². The Morgan fingerprint density at radius 2 is 0.618 bits per heavy atom. The van der Waals surface area contributed by atoms with E-state index in [9.17, 15) is 0 Å². The highest BCUT2D eigenvalue weighted by Crippen LogP contribution is 2.25. The van der Waals surface area contributed by atoms with E-state index in [-0.39, 0.29) is 0 Å². The number of hydrogen-bond acceptors (Lipinski definition) is 6. The minimum absolute atomic E-state index is 0.531. The molecule has 0 aliphatic heterocycles. The smallest absolute Gasteiger partial charge is 0.125 e. The summed E-state index contributed by atoms with van der Waals surface area (Å²) < 4.78 is 33.9. The fourth-order valence-electron chi connectivity index (χ4n) is 3.96. The molecule has 0 bridgehead atoms. The van der Waals surface area contributed by atoms with Gasteiger partial charge in [0.15, 0.2) is 0 Å². The van der Waals surface area contributed by atoms with Crippen LogP contribution in [0.5, 0.6) is 11.5 Å². The molecule has 2 aromatic rings. The normalized spacial score (nSPS) is 11.1. The van der Waals surface area contributed by atoms with Gasteiger partial charge < -0.3 is 28.4 Å². The van der Waals surface area contributed by atoms with Crippen molar-refractivity contribution in [3.05, 3.63) is 57.6 Å². The minimum atomic E-state index is 0.531. The largest absolute Gasteiger partial charge is 0.491 e. The zero-order valence-corrected chi connectivity index (χ0v) is 21.8. The number of aryl methyl sites for hydroxylation is 6. The SMILES string of the molecule is Cc1cc(C)c(OCCOCCOCCOCCOCCOc2c(C)cc(C)cc2C)c(C)c1. The maximum atomic E-state index is 5.86. The molecule has 6 nitrogen and oxygen atoms in total. The van der Waals surface area contributed by atoms with Gasteiger partial charge in [0.2, 0.25) is 0 Å². The molecule has 0 aliphatic rings. The van der Waals surface area contributed by atoms with Gasteiger partial charge >= 0.3 is 0 Å². The highest BCUT2D eigenvalue weighted by molar-refractivity contribution is 5.43. The summed E-state index contributed by atoms with van der Waals surface area (Å²) in [6.07, 6.45) is 0. The second-order valence-electron chi connectivity index (χ2n) is 8.60. The van der Waals surface area contributed by atoms with Gasteiger partial charge in [-0.05, 0) is 63.8 Å². The molecule has 190 valence electrons. The van der Waals surface area contributed by atoms with Crippen molar-refractivity contribution >= 4 is 0 Å². The molecule has 0 N–H and O–H groups in total. The van der Waals surface area contributed by atoms with Gasteiger partial charge in [-0.2, -0.15) is 0 Å². The summed E-state index contributed by atoms with van der Waals surface area (Å²) in [5, 5.41) is 0. The van der Waals surface area contributed by atoms with E-state index in [0.717, 1.165) is 33.8 Å². The molecule has 2 rings (SSSR count). The first-order chi connectivity index (χ1) is 16.4. The Kier molecular flexibility index (Phi) is 13.0. The van der Waals surface area contributed by atoms with Crippen LogP contribution in [0.2, 0.25) is 0 Å². The van der Waals surface area contributed by atoms with Crippen molar-refractivity contribution in [3.63, 3.8) is 0 Å².